The zero-order valence-corrected chi connectivity index (χ0v) is 26.8. The summed E-state index contributed by atoms with van der Waals surface area (Å²) in [7, 11) is 1.66. The summed E-state index contributed by atoms with van der Waals surface area (Å²) in [6.45, 7) is 12.6. The molecule has 1 unspecified atom stereocenters. The molecule has 1 aliphatic heterocycles. The number of carbonyl (C=O) groups is 1. The van der Waals surface area contributed by atoms with Gasteiger partial charge in [0.1, 0.15) is 0 Å². The van der Waals surface area contributed by atoms with E-state index in [1.807, 2.05) is 0 Å². The normalized spacial score (nSPS) is 23.0. The van der Waals surface area contributed by atoms with Gasteiger partial charge < -0.3 is 34.3 Å². The van der Waals surface area contributed by atoms with E-state index in [9.17, 15) is 4.79 Å². The summed E-state index contributed by atoms with van der Waals surface area (Å²) < 4.78 is 26.9. The van der Waals surface area contributed by atoms with Crippen molar-refractivity contribution in [3.63, 3.8) is 0 Å². The highest BCUT2D eigenvalue weighted by molar-refractivity contribution is 6.04. The van der Waals surface area contributed by atoms with Crippen LogP contribution in [0, 0.1) is 11.8 Å². The van der Waals surface area contributed by atoms with E-state index >= 15 is 0 Å². The van der Waals surface area contributed by atoms with Crippen LogP contribution in [0.1, 0.15) is 49.0 Å². The second-order valence-electron chi connectivity index (χ2n) is 12.5. The Morgan fingerprint density at radius 1 is 0.818 bits per heavy atom. The minimum Gasteiger partial charge on any atom is -0.383 e. The molecule has 44 heavy (non-hydrogen) atoms. The summed E-state index contributed by atoms with van der Waals surface area (Å²) in [6, 6.07) is 14.6. The smallest absolute Gasteiger partial charge is 0.180 e. The highest BCUT2D eigenvalue weighted by Gasteiger charge is 2.52. The third-order valence-corrected chi connectivity index (χ3v) is 9.45. The van der Waals surface area contributed by atoms with Gasteiger partial charge in [0.25, 0.3) is 0 Å². The van der Waals surface area contributed by atoms with E-state index in [1.165, 1.54) is 18.4 Å². The third kappa shape index (κ3) is 8.59. The summed E-state index contributed by atoms with van der Waals surface area (Å²) >= 11 is 0. The van der Waals surface area contributed by atoms with E-state index in [1.54, 1.807) is 7.11 Å². The van der Waals surface area contributed by atoms with Crippen LogP contribution in [-0.2, 0) is 29.1 Å². The fourth-order valence-corrected chi connectivity index (χ4v) is 6.50. The molecule has 0 amide bonds. The van der Waals surface area contributed by atoms with Gasteiger partial charge in [-0.05, 0) is 91.1 Å². The molecule has 2 aromatic carbocycles. The second-order valence-corrected chi connectivity index (χ2v) is 12.5. The van der Waals surface area contributed by atoms with E-state index in [0.29, 0.717) is 77.7 Å². The number of methoxy groups -OCH3 is 1. The molecule has 3 aliphatic rings. The van der Waals surface area contributed by atoms with E-state index in [4.69, 9.17) is 23.7 Å². The van der Waals surface area contributed by atoms with Gasteiger partial charge in [0, 0.05) is 42.8 Å². The van der Waals surface area contributed by atoms with Gasteiger partial charge in [0.05, 0.1) is 65.5 Å². The zero-order chi connectivity index (χ0) is 30.8. The van der Waals surface area contributed by atoms with Crippen molar-refractivity contribution in [2.45, 2.75) is 44.6 Å². The summed E-state index contributed by atoms with van der Waals surface area (Å²) in [6.07, 6.45) is 3.74. The number of Topliss-reactive ketones (excluding diaryl/α,β-unsaturated/α-hetero) is 1. The van der Waals surface area contributed by atoms with Crippen LogP contribution in [-0.4, -0.2) is 103 Å². The molecule has 2 aliphatic carbocycles. The lowest BCUT2D eigenvalue weighted by atomic mass is 9.58. The Bertz CT molecular complexity index is 1190. The number of hydrogen-bond donors (Lipinski definition) is 2. The maximum atomic E-state index is 13.7. The molecule has 1 saturated carbocycles. The van der Waals surface area contributed by atoms with Gasteiger partial charge in [-0.1, -0.05) is 13.8 Å². The lowest BCUT2D eigenvalue weighted by molar-refractivity contribution is -0.00700. The van der Waals surface area contributed by atoms with Crippen LogP contribution in [0.15, 0.2) is 42.5 Å². The number of nitrogens with one attached hydrogen (secondary N) is 2. The number of rotatable bonds is 20. The number of carbonyl (C=O) groups excluding carboxylic acids is 1. The number of likely N-dealkylation sites (tertiary alicyclic amines) is 1. The first kappa shape index (κ1) is 32.9. The Kier molecular flexibility index (Phi) is 12.1. The monoisotopic (exact) mass is 609 g/mol. The third-order valence-electron chi connectivity index (χ3n) is 9.45. The Hall–Kier alpha value is -2.53. The molecule has 9 heteroatoms. The number of anilines is 3. The molecule has 0 spiro atoms. The van der Waals surface area contributed by atoms with Crippen molar-refractivity contribution in [3.05, 3.63) is 53.6 Å². The Morgan fingerprint density at radius 2 is 1.41 bits per heavy atom. The molecule has 0 radical (unpaired) electrons. The van der Waals surface area contributed by atoms with Crippen molar-refractivity contribution in [1.29, 1.82) is 0 Å². The van der Waals surface area contributed by atoms with E-state index in [-0.39, 0.29) is 11.5 Å². The molecule has 1 heterocycles. The van der Waals surface area contributed by atoms with E-state index in [2.05, 4.69) is 71.8 Å². The van der Waals surface area contributed by atoms with Gasteiger partial charge >= 0.3 is 0 Å². The minimum atomic E-state index is 0.0158. The first-order chi connectivity index (χ1) is 21.5. The number of nitrogens with zero attached hydrogens (tertiary/aromatic N) is 1. The lowest BCUT2D eigenvalue weighted by Gasteiger charge is -2.53. The molecule has 1 saturated heterocycles. The number of hydrogen-bond acceptors (Lipinski definition) is 9. The van der Waals surface area contributed by atoms with Crippen molar-refractivity contribution in [2.24, 2.45) is 11.8 Å². The first-order valence-corrected chi connectivity index (χ1v) is 16.3. The van der Waals surface area contributed by atoms with Gasteiger partial charge in [-0.3, -0.25) is 9.69 Å². The van der Waals surface area contributed by atoms with Gasteiger partial charge in [-0.2, -0.15) is 0 Å². The molecule has 242 valence electrons. The predicted molar refractivity (Wildman–Crippen MR) is 173 cm³/mol. The fourth-order valence-electron chi connectivity index (χ4n) is 6.50. The first-order valence-electron chi connectivity index (χ1n) is 16.3. The van der Waals surface area contributed by atoms with Crippen molar-refractivity contribution >= 4 is 22.8 Å². The molecular formula is C35H51N3O6. The topological polar surface area (TPSA) is 90.5 Å². The average molecular weight is 610 g/mol. The van der Waals surface area contributed by atoms with E-state index in [0.717, 1.165) is 48.1 Å². The zero-order valence-electron chi connectivity index (χ0n) is 26.8. The molecule has 2 N–H and O–H groups in total. The van der Waals surface area contributed by atoms with Crippen molar-refractivity contribution < 1.29 is 28.5 Å². The lowest BCUT2D eigenvalue weighted by Crippen LogP contribution is -2.61. The molecule has 2 fully saturated rings. The summed E-state index contributed by atoms with van der Waals surface area (Å²) in [4.78, 5) is 16.1. The molecule has 2 aromatic rings. The SMILES string of the molecule is COCCOCCOCCOCCOCCNc1ccc(Nc2ccc3c(c2)[C@]2(C)CCN(CC4CC4)C(C3=O)[C@@H]2C)cc1. The van der Waals surface area contributed by atoms with Crippen molar-refractivity contribution in [2.75, 3.05) is 96.8 Å². The molecule has 2 bridgehead atoms. The minimum absolute atomic E-state index is 0.0158. The number of ether oxygens (including phenoxy) is 5. The van der Waals surface area contributed by atoms with Crippen LogP contribution in [0.5, 0.6) is 0 Å². The molecular weight excluding hydrogens is 558 g/mol. The number of ketones is 1. The molecule has 3 atom stereocenters. The Labute approximate surface area is 262 Å². The predicted octanol–water partition coefficient (Wildman–Crippen LogP) is 5.13. The molecule has 0 aromatic heterocycles. The fraction of sp³-hybridized carbons (Fsp3) is 0.629. The number of fused-ring (bicyclic) bond motifs is 4. The van der Waals surface area contributed by atoms with Gasteiger partial charge in [-0.25, -0.2) is 0 Å². The van der Waals surface area contributed by atoms with Crippen LogP contribution in [0.4, 0.5) is 17.1 Å². The quantitative estimate of drug-likeness (QED) is 0.198. The average Bonchev–Trinajstić information content (AvgIpc) is 3.85. The standard InChI is InChI=1S/C35H51N3O6/c1-26-33-34(39)31-11-10-30(24-32(31)35(26,2)12-14-38(33)25-27-4-5-27)37-29-8-6-28(7-9-29)36-13-15-41-18-19-43-22-23-44-21-20-42-17-16-40-3/h6-11,24,26-27,33,36-37H,4-5,12-23,25H2,1-3H3/t26-,33?,35+/m0/s1. The molecule has 9 nitrogen and oxygen atoms in total. The second kappa shape index (κ2) is 16.2. The van der Waals surface area contributed by atoms with Crippen LogP contribution < -0.4 is 10.6 Å². The van der Waals surface area contributed by atoms with Crippen LogP contribution in [0.25, 0.3) is 0 Å². The van der Waals surface area contributed by atoms with Crippen LogP contribution >= 0.6 is 0 Å². The van der Waals surface area contributed by atoms with Gasteiger partial charge in [-0.15, -0.1) is 0 Å². The van der Waals surface area contributed by atoms with Crippen molar-refractivity contribution in [3.8, 4) is 0 Å². The summed E-state index contributed by atoms with van der Waals surface area (Å²) in [5.41, 5.74) is 5.23. The largest absolute Gasteiger partial charge is 0.383 e. The van der Waals surface area contributed by atoms with Gasteiger partial charge in [0.2, 0.25) is 0 Å². The Balaban J connectivity index is 0.994. The highest BCUT2D eigenvalue weighted by Crippen LogP contribution is 2.50. The van der Waals surface area contributed by atoms with Crippen LogP contribution in [0.3, 0.4) is 0 Å². The van der Waals surface area contributed by atoms with Crippen molar-refractivity contribution in [1.82, 2.24) is 4.90 Å². The van der Waals surface area contributed by atoms with Crippen LogP contribution in [0.2, 0.25) is 0 Å². The van der Waals surface area contributed by atoms with Gasteiger partial charge in [0.15, 0.2) is 5.78 Å². The molecule has 5 rings (SSSR count). The number of benzene rings is 2. The Morgan fingerprint density at radius 3 is 2.05 bits per heavy atom. The highest BCUT2D eigenvalue weighted by atomic mass is 16.6. The maximum absolute atomic E-state index is 13.7. The number of piperidine rings is 1. The summed E-state index contributed by atoms with van der Waals surface area (Å²) in [5, 5.41) is 6.96. The maximum Gasteiger partial charge on any atom is 0.180 e. The van der Waals surface area contributed by atoms with E-state index < -0.39 is 0 Å². The summed E-state index contributed by atoms with van der Waals surface area (Å²) in [5.74, 6) is 1.42.